The summed E-state index contributed by atoms with van der Waals surface area (Å²) in [7, 11) is 0. The number of hydrogen-bond donors (Lipinski definition) is 1. The summed E-state index contributed by atoms with van der Waals surface area (Å²) in [4.78, 5) is 0. The van der Waals surface area contributed by atoms with Crippen molar-refractivity contribution in [1.29, 1.82) is 0 Å². The molecule has 0 fully saturated rings. The molecule has 0 bridgehead atoms. The van der Waals surface area contributed by atoms with Gasteiger partial charge in [0.15, 0.2) is 0 Å². The smallest absolute Gasteiger partial charge is 0.406 e. The second-order valence-corrected chi connectivity index (χ2v) is 4.83. The van der Waals surface area contributed by atoms with Crippen LogP contribution in [0.15, 0.2) is 48.5 Å². The lowest BCUT2D eigenvalue weighted by Gasteiger charge is -2.16. The van der Waals surface area contributed by atoms with E-state index in [-0.39, 0.29) is 18.2 Å². The minimum absolute atomic E-state index is 0.243. The molecule has 6 heteroatoms. The highest BCUT2D eigenvalue weighted by Gasteiger charge is 2.31. The predicted molar refractivity (Wildman–Crippen MR) is 73.1 cm³/mol. The highest BCUT2D eigenvalue weighted by atomic mass is 19.4. The zero-order valence-corrected chi connectivity index (χ0v) is 11.5. The van der Waals surface area contributed by atoms with Crippen LogP contribution in [0.25, 0.3) is 0 Å². The summed E-state index contributed by atoms with van der Waals surface area (Å²) in [6.07, 6.45) is -4.38. The molecule has 2 rings (SSSR count). The van der Waals surface area contributed by atoms with Crippen LogP contribution in [0.3, 0.4) is 0 Å². The van der Waals surface area contributed by atoms with Crippen LogP contribution in [0.2, 0.25) is 0 Å². The summed E-state index contributed by atoms with van der Waals surface area (Å²) in [6.45, 7) is -0.243. The molecule has 2 aromatic carbocycles. The number of aliphatic hydroxyl groups excluding tert-OH is 1. The van der Waals surface area contributed by atoms with Gasteiger partial charge in [-0.1, -0.05) is 24.3 Å². The Morgan fingerprint density at radius 1 is 1.05 bits per heavy atom. The lowest BCUT2D eigenvalue weighted by molar-refractivity contribution is -0.274. The third-order valence-electron chi connectivity index (χ3n) is 3.18. The summed E-state index contributed by atoms with van der Waals surface area (Å²) < 4.78 is 53.4. The van der Waals surface area contributed by atoms with Gasteiger partial charge in [0, 0.05) is 5.92 Å². The Balaban J connectivity index is 2.16. The number of aliphatic hydroxyl groups is 1. The highest BCUT2D eigenvalue weighted by molar-refractivity contribution is 5.32. The molecule has 1 unspecified atom stereocenters. The van der Waals surface area contributed by atoms with Gasteiger partial charge in [0.25, 0.3) is 0 Å². The quantitative estimate of drug-likeness (QED) is 0.844. The molecule has 1 N–H and O–H groups in total. The van der Waals surface area contributed by atoms with E-state index in [1.54, 1.807) is 18.2 Å². The number of ether oxygens (including phenoxy) is 1. The van der Waals surface area contributed by atoms with Crippen LogP contribution in [-0.2, 0) is 6.42 Å². The largest absolute Gasteiger partial charge is 0.573 e. The Kier molecular flexibility index (Phi) is 5.03. The molecule has 22 heavy (non-hydrogen) atoms. The summed E-state index contributed by atoms with van der Waals surface area (Å²) in [6, 6.07) is 11.3. The number of benzene rings is 2. The average molecular weight is 314 g/mol. The molecule has 0 saturated heterocycles. The van der Waals surface area contributed by atoms with E-state index < -0.39 is 12.3 Å². The first-order chi connectivity index (χ1) is 10.4. The standard InChI is InChI=1S/C16H14F4O2/c17-14-6-4-11(5-7-14)8-13(10-21)12-2-1-3-15(9-12)22-16(18,19)20/h1-7,9,13,21H,8,10H2. The molecule has 1 atom stereocenters. The second-order valence-electron chi connectivity index (χ2n) is 4.83. The van der Waals surface area contributed by atoms with Gasteiger partial charge >= 0.3 is 6.36 Å². The highest BCUT2D eigenvalue weighted by Crippen LogP contribution is 2.27. The van der Waals surface area contributed by atoms with Gasteiger partial charge in [0.2, 0.25) is 0 Å². The van der Waals surface area contributed by atoms with E-state index in [0.717, 1.165) is 5.56 Å². The number of rotatable bonds is 5. The molecule has 2 aromatic rings. The van der Waals surface area contributed by atoms with Crippen LogP contribution in [0.1, 0.15) is 17.0 Å². The maximum absolute atomic E-state index is 12.9. The lowest BCUT2D eigenvalue weighted by atomic mass is 9.92. The average Bonchev–Trinajstić information content (AvgIpc) is 2.45. The van der Waals surface area contributed by atoms with Crippen LogP contribution in [0, 0.1) is 5.82 Å². The monoisotopic (exact) mass is 314 g/mol. The van der Waals surface area contributed by atoms with Crippen molar-refractivity contribution in [2.24, 2.45) is 0 Å². The Bertz CT molecular complexity index is 608. The molecule has 0 spiro atoms. The Hall–Kier alpha value is -2.08. The van der Waals surface area contributed by atoms with Gasteiger partial charge in [0.05, 0.1) is 6.61 Å². The number of halogens is 4. The normalized spacial score (nSPS) is 13.0. The number of alkyl halides is 3. The Morgan fingerprint density at radius 2 is 1.73 bits per heavy atom. The van der Waals surface area contributed by atoms with Crippen molar-refractivity contribution in [3.05, 3.63) is 65.5 Å². The molecule has 0 aliphatic carbocycles. The first-order valence-corrected chi connectivity index (χ1v) is 6.58. The molecule has 118 valence electrons. The maximum atomic E-state index is 12.9. The third-order valence-corrected chi connectivity index (χ3v) is 3.18. The van der Waals surface area contributed by atoms with Gasteiger partial charge in [-0.05, 0) is 41.8 Å². The maximum Gasteiger partial charge on any atom is 0.573 e. The minimum Gasteiger partial charge on any atom is -0.406 e. The van der Waals surface area contributed by atoms with Gasteiger partial charge in [-0.3, -0.25) is 0 Å². The van der Waals surface area contributed by atoms with Gasteiger partial charge < -0.3 is 9.84 Å². The molecular formula is C16H14F4O2. The topological polar surface area (TPSA) is 29.5 Å². The van der Waals surface area contributed by atoms with E-state index in [4.69, 9.17) is 0 Å². The molecule has 0 aliphatic heterocycles. The van der Waals surface area contributed by atoms with E-state index in [0.29, 0.717) is 12.0 Å². The van der Waals surface area contributed by atoms with E-state index in [1.165, 1.54) is 30.3 Å². The van der Waals surface area contributed by atoms with Crippen LogP contribution >= 0.6 is 0 Å². The van der Waals surface area contributed by atoms with Crippen LogP contribution in [0.5, 0.6) is 5.75 Å². The van der Waals surface area contributed by atoms with Crippen LogP contribution in [-0.4, -0.2) is 18.1 Å². The van der Waals surface area contributed by atoms with Crippen molar-refractivity contribution in [2.45, 2.75) is 18.7 Å². The molecule has 2 nitrogen and oxygen atoms in total. The van der Waals surface area contributed by atoms with Gasteiger partial charge in [0.1, 0.15) is 11.6 Å². The van der Waals surface area contributed by atoms with E-state index in [2.05, 4.69) is 4.74 Å². The van der Waals surface area contributed by atoms with Crippen molar-refractivity contribution in [2.75, 3.05) is 6.61 Å². The molecule has 0 heterocycles. The van der Waals surface area contributed by atoms with Gasteiger partial charge in [-0.15, -0.1) is 13.2 Å². The molecule has 0 radical (unpaired) electrons. The summed E-state index contributed by atoms with van der Waals surface area (Å²) in [5, 5.41) is 9.48. The predicted octanol–water partition coefficient (Wildman–Crippen LogP) is 4.04. The Morgan fingerprint density at radius 3 is 2.32 bits per heavy atom. The van der Waals surface area contributed by atoms with Crippen LogP contribution in [0.4, 0.5) is 17.6 Å². The zero-order chi connectivity index (χ0) is 16.2. The fraction of sp³-hybridized carbons (Fsp3) is 0.250. The van der Waals surface area contributed by atoms with E-state index in [1.807, 2.05) is 0 Å². The van der Waals surface area contributed by atoms with Crippen molar-refractivity contribution in [3.8, 4) is 5.75 Å². The van der Waals surface area contributed by atoms with Gasteiger partial charge in [-0.2, -0.15) is 0 Å². The lowest BCUT2D eigenvalue weighted by Crippen LogP contribution is -2.17. The molecular weight excluding hydrogens is 300 g/mol. The fourth-order valence-corrected chi connectivity index (χ4v) is 2.16. The van der Waals surface area contributed by atoms with E-state index >= 15 is 0 Å². The number of hydrogen-bond acceptors (Lipinski definition) is 2. The zero-order valence-electron chi connectivity index (χ0n) is 11.5. The first kappa shape index (κ1) is 16.3. The van der Waals surface area contributed by atoms with Crippen molar-refractivity contribution < 1.29 is 27.4 Å². The second kappa shape index (κ2) is 6.79. The Labute approximate surface area is 125 Å². The summed E-state index contributed by atoms with van der Waals surface area (Å²) in [5.74, 6) is -1.10. The van der Waals surface area contributed by atoms with Crippen molar-refractivity contribution in [1.82, 2.24) is 0 Å². The molecule has 0 aromatic heterocycles. The first-order valence-electron chi connectivity index (χ1n) is 6.58. The van der Waals surface area contributed by atoms with E-state index in [9.17, 15) is 22.7 Å². The SMILES string of the molecule is OCC(Cc1ccc(F)cc1)c1cccc(OC(F)(F)F)c1. The molecule has 0 aliphatic rings. The van der Waals surface area contributed by atoms with Crippen molar-refractivity contribution in [3.63, 3.8) is 0 Å². The minimum atomic E-state index is -4.76. The molecule has 0 saturated carbocycles. The summed E-state index contributed by atoms with van der Waals surface area (Å²) >= 11 is 0. The third kappa shape index (κ3) is 4.73. The van der Waals surface area contributed by atoms with Crippen LogP contribution < -0.4 is 4.74 Å². The summed E-state index contributed by atoms with van der Waals surface area (Å²) in [5.41, 5.74) is 1.30. The molecule has 0 amide bonds. The van der Waals surface area contributed by atoms with Gasteiger partial charge in [-0.25, -0.2) is 4.39 Å². The fourth-order valence-electron chi connectivity index (χ4n) is 2.16. The van der Waals surface area contributed by atoms with Crippen molar-refractivity contribution >= 4 is 0 Å².